The predicted octanol–water partition coefficient (Wildman–Crippen LogP) is 3.79. The standard InChI is InChI=1S/C12H12ClNO2S/c1-6-4-10(16-3)8(5-9(6)13)11-14-7(2)12(15)17-11/h4-5,15H,1-3H3. The highest BCUT2D eigenvalue weighted by Gasteiger charge is 2.14. The number of rotatable bonds is 2. The third-order valence-electron chi connectivity index (χ3n) is 2.48. The molecule has 0 atom stereocenters. The smallest absolute Gasteiger partial charge is 0.195 e. The van der Waals surface area contributed by atoms with Crippen LogP contribution in [0.15, 0.2) is 12.1 Å². The minimum absolute atomic E-state index is 0.221. The molecule has 0 saturated carbocycles. The van der Waals surface area contributed by atoms with E-state index in [2.05, 4.69) is 4.98 Å². The Morgan fingerprint density at radius 1 is 1.35 bits per heavy atom. The topological polar surface area (TPSA) is 42.4 Å². The van der Waals surface area contributed by atoms with E-state index in [1.165, 1.54) is 11.3 Å². The Morgan fingerprint density at radius 2 is 2.06 bits per heavy atom. The number of hydrogen-bond donors (Lipinski definition) is 1. The summed E-state index contributed by atoms with van der Waals surface area (Å²) >= 11 is 7.32. The van der Waals surface area contributed by atoms with Crippen LogP contribution >= 0.6 is 22.9 Å². The molecule has 2 rings (SSSR count). The third kappa shape index (κ3) is 2.23. The molecule has 5 heteroatoms. The molecule has 0 bridgehead atoms. The number of nitrogens with zero attached hydrogens (tertiary/aromatic N) is 1. The number of methoxy groups -OCH3 is 1. The fraction of sp³-hybridized carbons (Fsp3) is 0.250. The number of benzene rings is 1. The number of halogens is 1. The van der Waals surface area contributed by atoms with E-state index in [1.54, 1.807) is 14.0 Å². The number of hydrogen-bond acceptors (Lipinski definition) is 4. The summed E-state index contributed by atoms with van der Waals surface area (Å²) in [5.74, 6) is 0.709. The van der Waals surface area contributed by atoms with Crippen molar-refractivity contribution in [1.29, 1.82) is 0 Å². The minimum atomic E-state index is 0.221. The van der Waals surface area contributed by atoms with Gasteiger partial charge < -0.3 is 9.84 Å². The second-order valence-corrected chi connectivity index (χ2v) is 5.10. The van der Waals surface area contributed by atoms with E-state index in [0.29, 0.717) is 21.5 Å². The van der Waals surface area contributed by atoms with Crippen molar-refractivity contribution in [3.05, 3.63) is 28.4 Å². The molecular formula is C12H12ClNO2S. The van der Waals surface area contributed by atoms with Gasteiger partial charge in [-0.1, -0.05) is 22.9 Å². The average molecular weight is 270 g/mol. The van der Waals surface area contributed by atoms with Crippen molar-refractivity contribution < 1.29 is 9.84 Å². The van der Waals surface area contributed by atoms with E-state index >= 15 is 0 Å². The quantitative estimate of drug-likeness (QED) is 0.902. The molecular weight excluding hydrogens is 258 g/mol. The van der Waals surface area contributed by atoms with Crippen molar-refractivity contribution in [2.75, 3.05) is 7.11 Å². The van der Waals surface area contributed by atoms with Gasteiger partial charge in [-0.2, -0.15) is 0 Å². The van der Waals surface area contributed by atoms with E-state index in [-0.39, 0.29) is 5.06 Å². The van der Waals surface area contributed by atoms with E-state index in [1.807, 2.05) is 19.1 Å². The first kappa shape index (κ1) is 12.2. The summed E-state index contributed by atoms with van der Waals surface area (Å²) in [5, 5.41) is 11.2. The SMILES string of the molecule is COc1cc(C)c(Cl)cc1-c1nc(C)c(O)s1. The van der Waals surface area contributed by atoms with Gasteiger partial charge in [0.25, 0.3) is 0 Å². The fourth-order valence-electron chi connectivity index (χ4n) is 1.49. The van der Waals surface area contributed by atoms with Crippen LogP contribution in [0.4, 0.5) is 0 Å². The van der Waals surface area contributed by atoms with Gasteiger partial charge in [-0.05, 0) is 31.5 Å². The van der Waals surface area contributed by atoms with Crippen LogP contribution in [0.2, 0.25) is 5.02 Å². The van der Waals surface area contributed by atoms with Crippen molar-refractivity contribution in [3.8, 4) is 21.4 Å². The molecule has 0 unspecified atom stereocenters. The van der Waals surface area contributed by atoms with Gasteiger partial charge in [0.05, 0.1) is 18.4 Å². The predicted molar refractivity (Wildman–Crippen MR) is 70.3 cm³/mol. The number of aromatic nitrogens is 1. The third-order valence-corrected chi connectivity index (χ3v) is 3.88. The van der Waals surface area contributed by atoms with E-state index < -0.39 is 0 Å². The molecule has 0 saturated heterocycles. The van der Waals surface area contributed by atoms with E-state index in [9.17, 15) is 5.11 Å². The maximum absolute atomic E-state index is 9.57. The van der Waals surface area contributed by atoms with E-state index in [4.69, 9.17) is 16.3 Å². The van der Waals surface area contributed by atoms with Crippen LogP contribution < -0.4 is 4.74 Å². The van der Waals surface area contributed by atoms with Gasteiger partial charge in [0.1, 0.15) is 10.8 Å². The Balaban J connectivity index is 2.61. The highest BCUT2D eigenvalue weighted by molar-refractivity contribution is 7.16. The van der Waals surface area contributed by atoms with Crippen LogP contribution in [0.5, 0.6) is 10.8 Å². The lowest BCUT2D eigenvalue weighted by atomic mass is 10.1. The first-order chi connectivity index (χ1) is 8.02. The molecule has 1 heterocycles. The van der Waals surface area contributed by atoms with Crippen molar-refractivity contribution in [2.45, 2.75) is 13.8 Å². The second kappa shape index (κ2) is 4.55. The summed E-state index contributed by atoms with van der Waals surface area (Å²) in [6.45, 7) is 3.68. The van der Waals surface area contributed by atoms with Crippen molar-refractivity contribution in [1.82, 2.24) is 4.98 Å². The normalized spacial score (nSPS) is 10.6. The van der Waals surface area contributed by atoms with Crippen LogP contribution in [-0.4, -0.2) is 17.2 Å². The summed E-state index contributed by atoms with van der Waals surface area (Å²) in [6.07, 6.45) is 0. The van der Waals surface area contributed by atoms with Crippen LogP contribution in [0.1, 0.15) is 11.3 Å². The molecule has 0 aliphatic heterocycles. The first-order valence-electron chi connectivity index (χ1n) is 5.04. The van der Waals surface area contributed by atoms with Crippen molar-refractivity contribution in [3.63, 3.8) is 0 Å². The van der Waals surface area contributed by atoms with Crippen LogP contribution in [0.3, 0.4) is 0 Å². The largest absolute Gasteiger partial charge is 0.498 e. The number of ether oxygens (including phenoxy) is 1. The maximum atomic E-state index is 9.57. The highest BCUT2D eigenvalue weighted by Crippen LogP contribution is 2.39. The van der Waals surface area contributed by atoms with Gasteiger partial charge in [-0.3, -0.25) is 0 Å². The van der Waals surface area contributed by atoms with Crippen LogP contribution in [0.25, 0.3) is 10.6 Å². The summed E-state index contributed by atoms with van der Waals surface area (Å²) in [4.78, 5) is 4.29. The van der Waals surface area contributed by atoms with Gasteiger partial charge >= 0.3 is 0 Å². The molecule has 0 aliphatic rings. The van der Waals surface area contributed by atoms with Gasteiger partial charge in [0.15, 0.2) is 5.06 Å². The molecule has 2 aromatic rings. The molecule has 1 aromatic carbocycles. The van der Waals surface area contributed by atoms with Crippen molar-refractivity contribution >= 4 is 22.9 Å². The number of thiazole rings is 1. The highest BCUT2D eigenvalue weighted by atomic mass is 35.5. The molecule has 90 valence electrons. The molecule has 3 nitrogen and oxygen atoms in total. The Labute approximate surface area is 109 Å². The van der Waals surface area contributed by atoms with E-state index in [0.717, 1.165) is 11.1 Å². The zero-order valence-corrected chi connectivity index (χ0v) is 11.3. The summed E-state index contributed by atoms with van der Waals surface area (Å²) in [6, 6.07) is 3.68. The monoisotopic (exact) mass is 269 g/mol. The molecule has 0 spiro atoms. The van der Waals surface area contributed by atoms with Gasteiger partial charge in [-0.25, -0.2) is 4.98 Å². The molecule has 1 aromatic heterocycles. The Kier molecular flexibility index (Phi) is 3.26. The zero-order valence-electron chi connectivity index (χ0n) is 9.74. The fourth-order valence-corrected chi connectivity index (χ4v) is 2.49. The molecule has 0 amide bonds. The van der Waals surface area contributed by atoms with Gasteiger partial charge in [0, 0.05) is 5.02 Å². The summed E-state index contributed by atoms with van der Waals surface area (Å²) in [5.41, 5.74) is 2.37. The second-order valence-electron chi connectivity index (χ2n) is 3.71. The maximum Gasteiger partial charge on any atom is 0.195 e. The Morgan fingerprint density at radius 3 is 2.59 bits per heavy atom. The molecule has 0 aliphatic carbocycles. The number of aryl methyl sites for hydroxylation is 2. The lowest BCUT2D eigenvalue weighted by Crippen LogP contribution is -1.89. The molecule has 0 fully saturated rings. The molecule has 17 heavy (non-hydrogen) atoms. The van der Waals surface area contributed by atoms with Gasteiger partial charge in [-0.15, -0.1) is 0 Å². The minimum Gasteiger partial charge on any atom is -0.498 e. The average Bonchev–Trinajstić information content (AvgIpc) is 2.62. The molecule has 1 N–H and O–H groups in total. The lowest BCUT2D eigenvalue weighted by molar-refractivity contribution is 0.416. The Hall–Kier alpha value is -1.26. The van der Waals surface area contributed by atoms with Crippen LogP contribution in [-0.2, 0) is 0 Å². The van der Waals surface area contributed by atoms with Crippen LogP contribution in [0, 0.1) is 13.8 Å². The lowest BCUT2D eigenvalue weighted by Gasteiger charge is -2.08. The Bertz CT molecular complexity index is 546. The zero-order chi connectivity index (χ0) is 12.6. The van der Waals surface area contributed by atoms with Gasteiger partial charge in [0.2, 0.25) is 0 Å². The summed E-state index contributed by atoms with van der Waals surface area (Å²) in [7, 11) is 1.60. The number of aromatic hydroxyl groups is 1. The molecule has 0 radical (unpaired) electrons. The van der Waals surface area contributed by atoms with Crippen molar-refractivity contribution in [2.24, 2.45) is 0 Å². The first-order valence-corrected chi connectivity index (χ1v) is 6.23. The summed E-state index contributed by atoms with van der Waals surface area (Å²) < 4.78 is 5.31.